The van der Waals surface area contributed by atoms with Crippen LogP contribution in [0.1, 0.15) is 36.7 Å². The molecule has 2 aromatic rings. The van der Waals surface area contributed by atoms with Gasteiger partial charge in [-0.1, -0.05) is 26.0 Å². The first-order chi connectivity index (χ1) is 10.6. The molecule has 116 valence electrons. The zero-order chi connectivity index (χ0) is 15.9. The topological polar surface area (TPSA) is 63.8 Å². The minimum absolute atomic E-state index is 0.0847. The van der Waals surface area contributed by atoms with Crippen LogP contribution in [0.5, 0.6) is 5.75 Å². The molecule has 1 aromatic carbocycles. The summed E-state index contributed by atoms with van der Waals surface area (Å²) in [5, 5.41) is 3.80. The second-order valence-electron chi connectivity index (χ2n) is 5.29. The van der Waals surface area contributed by atoms with Crippen molar-refractivity contribution >= 4 is 12.1 Å². The predicted molar refractivity (Wildman–Crippen MR) is 85.2 cm³/mol. The van der Waals surface area contributed by atoms with Gasteiger partial charge in [0.1, 0.15) is 11.5 Å². The van der Waals surface area contributed by atoms with Crippen LogP contribution < -0.4 is 10.2 Å². The number of hydrogen-bond donors (Lipinski definition) is 1. The van der Waals surface area contributed by atoms with Crippen LogP contribution in [0.15, 0.2) is 46.1 Å². The number of amides is 1. The Hall–Kier alpha value is -2.56. The van der Waals surface area contributed by atoms with E-state index in [4.69, 9.17) is 9.15 Å². The molecule has 1 N–H and O–H groups in total. The van der Waals surface area contributed by atoms with Crippen LogP contribution in [0.4, 0.5) is 0 Å². The minimum atomic E-state index is -0.320. The van der Waals surface area contributed by atoms with Crippen molar-refractivity contribution in [1.82, 2.24) is 5.43 Å². The van der Waals surface area contributed by atoms with Crippen LogP contribution in [0.25, 0.3) is 0 Å². The number of rotatable bonds is 6. The van der Waals surface area contributed by atoms with Gasteiger partial charge in [0.25, 0.3) is 5.91 Å². The van der Waals surface area contributed by atoms with E-state index < -0.39 is 0 Å². The fraction of sp³-hybridized carbons (Fsp3) is 0.294. The number of carbonyl (C=O) groups excluding carboxylic acids is 1. The third-order valence-electron chi connectivity index (χ3n) is 3.07. The third-order valence-corrected chi connectivity index (χ3v) is 3.07. The third kappa shape index (κ3) is 4.48. The van der Waals surface area contributed by atoms with E-state index in [0.29, 0.717) is 11.7 Å². The molecule has 0 spiro atoms. The number of ether oxygens (including phenoxy) is 1. The average molecular weight is 300 g/mol. The van der Waals surface area contributed by atoms with Crippen molar-refractivity contribution in [3.63, 3.8) is 0 Å². The van der Waals surface area contributed by atoms with Gasteiger partial charge in [-0.25, -0.2) is 5.43 Å². The minimum Gasteiger partial charge on any atom is -0.483 e. The molecule has 1 aromatic heterocycles. The smallest absolute Gasteiger partial charge is 0.277 e. The van der Waals surface area contributed by atoms with Crippen molar-refractivity contribution in [3.05, 3.63) is 53.5 Å². The molecule has 0 aliphatic heterocycles. The summed E-state index contributed by atoms with van der Waals surface area (Å²) in [5.41, 5.74) is 4.57. The van der Waals surface area contributed by atoms with Crippen LogP contribution >= 0.6 is 0 Å². The summed E-state index contributed by atoms with van der Waals surface area (Å²) in [4.78, 5) is 11.7. The Morgan fingerprint density at radius 2 is 2.23 bits per heavy atom. The molecule has 0 saturated heterocycles. The lowest BCUT2D eigenvalue weighted by molar-refractivity contribution is -0.123. The van der Waals surface area contributed by atoms with Gasteiger partial charge in [-0.15, -0.1) is 0 Å². The Bertz CT molecular complexity index is 646. The van der Waals surface area contributed by atoms with E-state index in [2.05, 4.69) is 24.4 Å². The zero-order valence-electron chi connectivity index (χ0n) is 13.0. The van der Waals surface area contributed by atoms with E-state index >= 15 is 0 Å². The average Bonchev–Trinajstić information content (AvgIpc) is 2.98. The maximum atomic E-state index is 11.7. The number of hydrogen-bond acceptors (Lipinski definition) is 4. The first-order valence-electron chi connectivity index (χ1n) is 7.15. The number of nitrogens with zero attached hydrogens (tertiary/aromatic N) is 1. The second kappa shape index (κ2) is 7.45. The van der Waals surface area contributed by atoms with E-state index in [-0.39, 0.29) is 12.5 Å². The van der Waals surface area contributed by atoms with Crippen molar-refractivity contribution in [1.29, 1.82) is 0 Å². The SMILES string of the molecule is Cc1ccc(C(C)C)c(OCC(=O)N/N=C/c2ccco2)c1. The van der Waals surface area contributed by atoms with Gasteiger partial charge in [0.15, 0.2) is 6.61 Å². The summed E-state index contributed by atoms with van der Waals surface area (Å²) in [7, 11) is 0. The fourth-order valence-electron chi connectivity index (χ4n) is 1.95. The molecule has 0 aliphatic carbocycles. The molecule has 0 saturated carbocycles. The lowest BCUT2D eigenvalue weighted by atomic mass is 10.0. The van der Waals surface area contributed by atoms with E-state index in [9.17, 15) is 4.79 Å². The van der Waals surface area contributed by atoms with Gasteiger partial charge in [-0.3, -0.25) is 4.79 Å². The highest BCUT2D eigenvalue weighted by atomic mass is 16.5. The summed E-state index contributed by atoms with van der Waals surface area (Å²) in [5.74, 6) is 1.32. The van der Waals surface area contributed by atoms with Crippen molar-refractivity contribution < 1.29 is 13.9 Å². The molecule has 5 nitrogen and oxygen atoms in total. The largest absolute Gasteiger partial charge is 0.483 e. The molecular weight excluding hydrogens is 280 g/mol. The van der Waals surface area contributed by atoms with Crippen molar-refractivity contribution in [2.75, 3.05) is 6.61 Å². The highest BCUT2D eigenvalue weighted by Gasteiger charge is 2.09. The van der Waals surface area contributed by atoms with Crippen LogP contribution in [0.3, 0.4) is 0 Å². The number of benzene rings is 1. The van der Waals surface area contributed by atoms with Crippen LogP contribution in [-0.4, -0.2) is 18.7 Å². The molecular formula is C17H20N2O3. The normalized spacial score (nSPS) is 11.1. The Labute approximate surface area is 130 Å². The first kappa shape index (κ1) is 15.8. The summed E-state index contributed by atoms with van der Waals surface area (Å²) in [6, 6.07) is 9.50. The number of nitrogens with one attached hydrogen (secondary N) is 1. The van der Waals surface area contributed by atoms with Gasteiger partial charge in [-0.2, -0.15) is 5.10 Å². The quantitative estimate of drug-likeness (QED) is 0.658. The van der Waals surface area contributed by atoms with Crippen LogP contribution in [0.2, 0.25) is 0 Å². The Morgan fingerprint density at radius 1 is 1.41 bits per heavy atom. The van der Waals surface area contributed by atoms with Gasteiger partial charge in [0.2, 0.25) is 0 Å². The Kier molecular flexibility index (Phi) is 5.36. The molecule has 0 radical (unpaired) electrons. The molecule has 0 unspecified atom stereocenters. The fourth-order valence-corrected chi connectivity index (χ4v) is 1.95. The van der Waals surface area contributed by atoms with E-state index in [1.807, 2.05) is 25.1 Å². The molecule has 22 heavy (non-hydrogen) atoms. The lowest BCUT2D eigenvalue weighted by Crippen LogP contribution is -2.24. The number of furan rings is 1. The summed E-state index contributed by atoms with van der Waals surface area (Å²) >= 11 is 0. The predicted octanol–water partition coefficient (Wildman–Crippen LogP) is 3.24. The van der Waals surface area contributed by atoms with Gasteiger partial charge in [0, 0.05) is 0 Å². The van der Waals surface area contributed by atoms with Gasteiger partial charge < -0.3 is 9.15 Å². The van der Waals surface area contributed by atoms with Crippen molar-refractivity contribution in [3.8, 4) is 5.75 Å². The second-order valence-corrected chi connectivity index (χ2v) is 5.29. The lowest BCUT2D eigenvalue weighted by Gasteiger charge is -2.14. The highest BCUT2D eigenvalue weighted by molar-refractivity contribution is 5.81. The molecule has 0 aliphatic rings. The molecule has 5 heteroatoms. The molecule has 0 atom stereocenters. The molecule has 2 rings (SSSR count). The summed E-state index contributed by atoms with van der Waals surface area (Å²) in [6.45, 7) is 6.08. The molecule has 1 amide bonds. The van der Waals surface area contributed by atoms with Gasteiger partial charge >= 0.3 is 0 Å². The number of hydrazone groups is 1. The van der Waals surface area contributed by atoms with Gasteiger partial charge in [0.05, 0.1) is 12.5 Å². The van der Waals surface area contributed by atoms with Crippen molar-refractivity contribution in [2.45, 2.75) is 26.7 Å². The molecule has 0 fully saturated rings. The van der Waals surface area contributed by atoms with Gasteiger partial charge in [-0.05, 0) is 42.2 Å². The monoisotopic (exact) mass is 300 g/mol. The van der Waals surface area contributed by atoms with Crippen LogP contribution in [0, 0.1) is 6.92 Å². The molecule has 1 heterocycles. The maximum Gasteiger partial charge on any atom is 0.277 e. The molecule has 0 bridgehead atoms. The standard InChI is InChI=1S/C17H20N2O3/c1-12(2)15-7-6-13(3)9-16(15)22-11-17(20)19-18-10-14-5-4-8-21-14/h4-10,12H,11H2,1-3H3,(H,19,20)/b18-10+. The summed E-state index contributed by atoms with van der Waals surface area (Å²) in [6.07, 6.45) is 2.97. The van der Waals surface area contributed by atoms with Crippen molar-refractivity contribution in [2.24, 2.45) is 5.10 Å². The highest BCUT2D eigenvalue weighted by Crippen LogP contribution is 2.27. The zero-order valence-corrected chi connectivity index (χ0v) is 13.0. The first-order valence-corrected chi connectivity index (χ1v) is 7.15. The number of carbonyl (C=O) groups is 1. The van der Waals surface area contributed by atoms with E-state index in [1.54, 1.807) is 12.1 Å². The Balaban J connectivity index is 1.89. The Morgan fingerprint density at radius 3 is 2.91 bits per heavy atom. The number of aryl methyl sites for hydroxylation is 1. The van der Waals surface area contributed by atoms with Crippen LogP contribution in [-0.2, 0) is 4.79 Å². The summed E-state index contributed by atoms with van der Waals surface area (Å²) < 4.78 is 10.7. The van der Waals surface area contributed by atoms with E-state index in [1.165, 1.54) is 12.5 Å². The van der Waals surface area contributed by atoms with E-state index in [0.717, 1.165) is 16.9 Å². The maximum absolute atomic E-state index is 11.7.